The average Bonchev–Trinajstić information content (AvgIpc) is 2.74. The molecule has 0 fully saturated rings. The lowest BCUT2D eigenvalue weighted by Gasteiger charge is -2.04. The Morgan fingerprint density at radius 1 is 1.29 bits per heavy atom. The Kier molecular flexibility index (Phi) is 5.10. The fourth-order valence-corrected chi connectivity index (χ4v) is 4.04. The van der Waals surface area contributed by atoms with Gasteiger partial charge in [-0.1, -0.05) is 12.1 Å². The van der Waals surface area contributed by atoms with E-state index in [0.717, 1.165) is 12.3 Å². The van der Waals surface area contributed by atoms with E-state index in [1.54, 1.807) is 11.3 Å². The third-order valence-electron chi connectivity index (χ3n) is 2.29. The standard InChI is InChI=1S/C13H14BrNS2/c1-15-8-10-3-2-4-11(7-10)16-9-12-5-6-13(14)17-12/h2-7,15H,8-9H2,1H3. The second-order valence-corrected chi connectivity index (χ2v) is 7.27. The molecule has 0 atom stereocenters. The Bertz CT molecular complexity index is 482. The highest BCUT2D eigenvalue weighted by molar-refractivity contribution is 9.11. The Hall–Kier alpha value is -0.290. The van der Waals surface area contributed by atoms with E-state index in [1.807, 2.05) is 18.8 Å². The molecule has 0 aliphatic heterocycles. The lowest BCUT2D eigenvalue weighted by atomic mass is 10.2. The first-order valence-corrected chi connectivity index (χ1v) is 7.98. The van der Waals surface area contributed by atoms with E-state index in [4.69, 9.17) is 0 Å². The maximum absolute atomic E-state index is 3.49. The van der Waals surface area contributed by atoms with Gasteiger partial charge in [0.05, 0.1) is 3.79 Å². The molecule has 0 saturated carbocycles. The summed E-state index contributed by atoms with van der Waals surface area (Å²) < 4.78 is 1.21. The Morgan fingerprint density at radius 3 is 2.88 bits per heavy atom. The van der Waals surface area contributed by atoms with Crippen molar-refractivity contribution in [2.24, 2.45) is 0 Å². The van der Waals surface area contributed by atoms with Gasteiger partial charge in [0, 0.05) is 22.1 Å². The van der Waals surface area contributed by atoms with E-state index in [9.17, 15) is 0 Å². The van der Waals surface area contributed by atoms with Crippen molar-refractivity contribution < 1.29 is 0 Å². The van der Waals surface area contributed by atoms with Crippen LogP contribution in [0.5, 0.6) is 0 Å². The van der Waals surface area contributed by atoms with E-state index < -0.39 is 0 Å². The van der Waals surface area contributed by atoms with Crippen molar-refractivity contribution in [1.82, 2.24) is 5.32 Å². The van der Waals surface area contributed by atoms with Crippen LogP contribution in [0.15, 0.2) is 45.1 Å². The highest BCUT2D eigenvalue weighted by Crippen LogP contribution is 2.29. The van der Waals surface area contributed by atoms with Gasteiger partial charge in [-0.15, -0.1) is 23.1 Å². The fraction of sp³-hybridized carbons (Fsp3) is 0.231. The molecule has 0 unspecified atom stereocenters. The van der Waals surface area contributed by atoms with Crippen molar-refractivity contribution in [1.29, 1.82) is 0 Å². The summed E-state index contributed by atoms with van der Waals surface area (Å²) in [4.78, 5) is 2.74. The third kappa shape index (κ3) is 4.14. The van der Waals surface area contributed by atoms with Crippen molar-refractivity contribution in [2.75, 3.05) is 7.05 Å². The van der Waals surface area contributed by atoms with Gasteiger partial charge < -0.3 is 5.32 Å². The van der Waals surface area contributed by atoms with Crippen molar-refractivity contribution in [3.05, 3.63) is 50.6 Å². The maximum Gasteiger partial charge on any atom is 0.0701 e. The van der Waals surface area contributed by atoms with E-state index in [-0.39, 0.29) is 0 Å². The molecule has 0 aliphatic carbocycles. The summed E-state index contributed by atoms with van der Waals surface area (Å²) in [6, 6.07) is 13.0. The molecule has 4 heteroatoms. The van der Waals surface area contributed by atoms with Gasteiger partial charge in [-0.3, -0.25) is 0 Å². The molecule has 1 aromatic carbocycles. The monoisotopic (exact) mass is 327 g/mol. The number of thioether (sulfide) groups is 1. The van der Waals surface area contributed by atoms with Gasteiger partial charge in [0.15, 0.2) is 0 Å². The first kappa shape index (κ1) is 13.1. The van der Waals surface area contributed by atoms with E-state index in [2.05, 4.69) is 57.6 Å². The predicted octanol–water partition coefficient (Wildman–Crippen LogP) is 4.52. The zero-order valence-electron chi connectivity index (χ0n) is 9.57. The van der Waals surface area contributed by atoms with Gasteiger partial charge in [0.2, 0.25) is 0 Å². The van der Waals surface area contributed by atoms with Gasteiger partial charge in [-0.2, -0.15) is 0 Å². The minimum atomic E-state index is 0.930. The largest absolute Gasteiger partial charge is 0.316 e. The predicted molar refractivity (Wildman–Crippen MR) is 80.8 cm³/mol. The molecule has 2 rings (SSSR count). The van der Waals surface area contributed by atoms with Gasteiger partial charge >= 0.3 is 0 Å². The lowest BCUT2D eigenvalue weighted by Crippen LogP contribution is -2.04. The van der Waals surface area contributed by atoms with Crippen LogP contribution in [0.2, 0.25) is 0 Å². The lowest BCUT2D eigenvalue weighted by molar-refractivity contribution is 0.815. The first-order chi connectivity index (χ1) is 8.28. The van der Waals surface area contributed by atoms with Crippen LogP contribution >= 0.6 is 39.0 Å². The van der Waals surface area contributed by atoms with Crippen molar-refractivity contribution in [2.45, 2.75) is 17.2 Å². The van der Waals surface area contributed by atoms with Gasteiger partial charge in [-0.25, -0.2) is 0 Å². The molecule has 1 aromatic heterocycles. The van der Waals surface area contributed by atoms with Gasteiger partial charge in [-0.05, 0) is 52.8 Å². The molecule has 0 saturated heterocycles. The molecule has 1 N–H and O–H groups in total. The summed E-state index contributed by atoms with van der Waals surface area (Å²) in [5.41, 5.74) is 1.34. The summed E-state index contributed by atoms with van der Waals surface area (Å²) in [6.45, 7) is 0.930. The number of rotatable bonds is 5. The first-order valence-electron chi connectivity index (χ1n) is 5.38. The van der Waals surface area contributed by atoms with Crippen LogP contribution in [0.4, 0.5) is 0 Å². The van der Waals surface area contributed by atoms with Crippen LogP contribution in [0, 0.1) is 0 Å². The maximum atomic E-state index is 3.49. The summed E-state index contributed by atoms with van der Waals surface area (Å²) in [5, 5.41) is 3.17. The summed E-state index contributed by atoms with van der Waals surface area (Å²) in [5.74, 6) is 1.04. The van der Waals surface area contributed by atoms with Crippen molar-refractivity contribution in [3.8, 4) is 0 Å². The molecular weight excluding hydrogens is 314 g/mol. The number of thiophene rings is 1. The number of hydrogen-bond donors (Lipinski definition) is 1. The summed E-state index contributed by atoms with van der Waals surface area (Å²) in [7, 11) is 1.98. The fourth-order valence-electron chi connectivity index (χ4n) is 1.53. The van der Waals surface area contributed by atoms with Crippen LogP contribution in [-0.4, -0.2) is 7.05 Å². The molecule has 0 radical (unpaired) electrons. The molecule has 2 aromatic rings. The molecular formula is C13H14BrNS2. The number of nitrogens with one attached hydrogen (secondary N) is 1. The SMILES string of the molecule is CNCc1cccc(SCc2ccc(Br)s2)c1. The molecule has 0 aliphatic rings. The Balaban J connectivity index is 1.96. The quantitative estimate of drug-likeness (QED) is 0.810. The van der Waals surface area contributed by atoms with Crippen molar-refractivity contribution in [3.63, 3.8) is 0 Å². The van der Waals surface area contributed by atoms with Gasteiger partial charge in [0.25, 0.3) is 0 Å². The van der Waals surface area contributed by atoms with Crippen LogP contribution in [0.25, 0.3) is 0 Å². The molecule has 17 heavy (non-hydrogen) atoms. The highest BCUT2D eigenvalue weighted by Gasteiger charge is 2.00. The average molecular weight is 328 g/mol. The minimum Gasteiger partial charge on any atom is -0.316 e. The smallest absolute Gasteiger partial charge is 0.0701 e. The summed E-state index contributed by atoms with van der Waals surface area (Å²) >= 11 is 7.19. The normalized spacial score (nSPS) is 10.7. The molecule has 1 nitrogen and oxygen atoms in total. The Morgan fingerprint density at radius 2 is 2.18 bits per heavy atom. The number of halogens is 1. The third-order valence-corrected chi connectivity index (χ3v) is 5.14. The van der Waals surface area contributed by atoms with Crippen LogP contribution in [0.1, 0.15) is 10.4 Å². The molecule has 90 valence electrons. The summed E-state index contributed by atoms with van der Waals surface area (Å²) in [6.07, 6.45) is 0. The van der Waals surface area contributed by atoms with Crippen LogP contribution < -0.4 is 5.32 Å². The zero-order chi connectivity index (χ0) is 12.1. The van der Waals surface area contributed by atoms with E-state index in [1.165, 1.54) is 19.1 Å². The van der Waals surface area contributed by atoms with Crippen molar-refractivity contribution >= 4 is 39.0 Å². The van der Waals surface area contributed by atoms with E-state index in [0.29, 0.717) is 0 Å². The van der Waals surface area contributed by atoms with Gasteiger partial charge in [0.1, 0.15) is 0 Å². The topological polar surface area (TPSA) is 12.0 Å². The second-order valence-electron chi connectivity index (χ2n) is 3.67. The second kappa shape index (κ2) is 6.59. The molecule has 0 amide bonds. The van der Waals surface area contributed by atoms with E-state index >= 15 is 0 Å². The molecule has 1 heterocycles. The molecule has 0 bridgehead atoms. The number of benzene rings is 1. The Labute approximate surface area is 119 Å². The minimum absolute atomic E-state index is 0.930. The van der Waals surface area contributed by atoms with Crippen LogP contribution in [0.3, 0.4) is 0 Å². The van der Waals surface area contributed by atoms with Crippen LogP contribution in [-0.2, 0) is 12.3 Å². The number of hydrogen-bond acceptors (Lipinski definition) is 3. The highest BCUT2D eigenvalue weighted by atomic mass is 79.9. The zero-order valence-corrected chi connectivity index (χ0v) is 12.8. The molecule has 0 spiro atoms.